The van der Waals surface area contributed by atoms with E-state index in [1.54, 1.807) is 0 Å². The second-order valence-corrected chi connectivity index (χ2v) is 6.76. The van der Waals surface area contributed by atoms with Crippen LogP contribution in [0, 0.1) is 12.8 Å². The zero-order chi connectivity index (χ0) is 18.4. The highest BCUT2D eigenvalue weighted by Crippen LogP contribution is 2.15. The summed E-state index contributed by atoms with van der Waals surface area (Å²) in [6, 6.07) is 15.0. The normalized spacial score (nSPS) is 14.1. The van der Waals surface area contributed by atoms with Crippen molar-refractivity contribution in [2.45, 2.75) is 26.3 Å². The summed E-state index contributed by atoms with van der Waals surface area (Å²) >= 11 is 0. The summed E-state index contributed by atoms with van der Waals surface area (Å²) in [5.74, 6) is 0.0714. The van der Waals surface area contributed by atoms with Gasteiger partial charge in [0.25, 0.3) is 5.91 Å². The summed E-state index contributed by atoms with van der Waals surface area (Å²) < 4.78 is 0. The van der Waals surface area contributed by atoms with Crippen molar-refractivity contribution in [3.8, 4) is 0 Å². The first-order valence-electron chi connectivity index (χ1n) is 9.07. The average Bonchev–Trinajstić information content (AvgIpc) is 2.67. The van der Waals surface area contributed by atoms with Gasteiger partial charge in [-0.15, -0.1) is 12.4 Å². The summed E-state index contributed by atoms with van der Waals surface area (Å²) in [7, 11) is 0. The maximum Gasteiger partial charge on any atom is 0.255 e. The molecule has 1 saturated heterocycles. The highest BCUT2D eigenvalue weighted by molar-refractivity contribution is 6.04. The molecule has 5 nitrogen and oxygen atoms in total. The lowest BCUT2D eigenvalue weighted by Crippen LogP contribution is -2.37. The first kappa shape index (κ1) is 20.9. The number of halogens is 1. The fraction of sp³-hybridized carbons (Fsp3) is 0.333. The molecule has 0 aromatic heterocycles. The van der Waals surface area contributed by atoms with Gasteiger partial charge in [0, 0.05) is 23.7 Å². The summed E-state index contributed by atoms with van der Waals surface area (Å²) in [6.07, 6.45) is 1.77. The first-order chi connectivity index (χ1) is 12.6. The summed E-state index contributed by atoms with van der Waals surface area (Å²) in [6.45, 7) is 4.26. The van der Waals surface area contributed by atoms with Crippen LogP contribution in [0.5, 0.6) is 0 Å². The van der Waals surface area contributed by atoms with Gasteiger partial charge in [-0.3, -0.25) is 9.59 Å². The lowest BCUT2D eigenvalue weighted by molar-refractivity contribution is -0.125. The largest absolute Gasteiger partial charge is 0.352 e. The van der Waals surface area contributed by atoms with Crippen LogP contribution in [0.25, 0.3) is 0 Å². The third-order valence-electron chi connectivity index (χ3n) is 4.68. The van der Waals surface area contributed by atoms with Crippen LogP contribution in [0.3, 0.4) is 0 Å². The van der Waals surface area contributed by atoms with Gasteiger partial charge in [-0.05, 0) is 62.7 Å². The molecule has 27 heavy (non-hydrogen) atoms. The van der Waals surface area contributed by atoms with Gasteiger partial charge in [-0.1, -0.05) is 29.8 Å². The number of aryl methyl sites for hydroxylation is 1. The molecule has 1 aliphatic rings. The molecular weight excluding hydrogens is 362 g/mol. The molecule has 1 heterocycles. The quantitative estimate of drug-likeness (QED) is 0.737. The van der Waals surface area contributed by atoms with Crippen molar-refractivity contribution >= 4 is 29.9 Å². The van der Waals surface area contributed by atoms with Crippen LogP contribution >= 0.6 is 12.4 Å². The maximum atomic E-state index is 12.3. The van der Waals surface area contributed by atoms with E-state index in [1.807, 2.05) is 55.5 Å². The molecular formula is C21H26ClN3O2. The fourth-order valence-corrected chi connectivity index (χ4v) is 3.08. The van der Waals surface area contributed by atoms with Gasteiger partial charge in [0.1, 0.15) is 0 Å². The third kappa shape index (κ3) is 6.08. The minimum absolute atomic E-state index is 0. The first-order valence-corrected chi connectivity index (χ1v) is 9.07. The number of hydrogen-bond donors (Lipinski definition) is 3. The smallest absolute Gasteiger partial charge is 0.255 e. The number of carbonyl (C=O) groups is 2. The molecule has 144 valence electrons. The minimum Gasteiger partial charge on any atom is -0.352 e. The predicted octanol–water partition coefficient (Wildman–Crippen LogP) is 3.28. The van der Waals surface area contributed by atoms with Crippen LogP contribution in [0.15, 0.2) is 48.5 Å². The number of rotatable bonds is 5. The molecule has 0 aliphatic carbocycles. The molecule has 3 rings (SSSR count). The van der Waals surface area contributed by atoms with Crippen LogP contribution in [-0.2, 0) is 11.3 Å². The van der Waals surface area contributed by atoms with E-state index in [1.165, 1.54) is 0 Å². The van der Waals surface area contributed by atoms with Gasteiger partial charge < -0.3 is 16.0 Å². The molecule has 0 atom stereocenters. The Morgan fingerprint density at radius 1 is 1.07 bits per heavy atom. The maximum absolute atomic E-state index is 12.3. The van der Waals surface area contributed by atoms with E-state index in [0.717, 1.165) is 42.7 Å². The van der Waals surface area contributed by atoms with E-state index >= 15 is 0 Å². The highest BCUT2D eigenvalue weighted by Gasteiger charge is 2.20. The zero-order valence-electron chi connectivity index (χ0n) is 15.5. The highest BCUT2D eigenvalue weighted by atomic mass is 35.5. The number of anilines is 1. The van der Waals surface area contributed by atoms with Crippen molar-refractivity contribution in [1.29, 1.82) is 0 Å². The van der Waals surface area contributed by atoms with Crippen LogP contribution in [0.4, 0.5) is 5.69 Å². The third-order valence-corrected chi connectivity index (χ3v) is 4.68. The molecule has 2 aromatic carbocycles. The monoisotopic (exact) mass is 387 g/mol. The number of carbonyl (C=O) groups excluding carboxylic acids is 2. The second-order valence-electron chi connectivity index (χ2n) is 6.76. The van der Waals surface area contributed by atoms with E-state index in [2.05, 4.69) is 16.0 Å². The predicted molar refractivity (Wildman–Crippen MR) is 110 cm³/mol. The molecule has 0 saturated carbocycles. The molecule has 2 amide bonds. The van der Waals surface area contributed by atoms with Crippen LogP contribution in [0.2, 0.25) is 0 Å². The van der Waals surface area contributed by atoms with Crippen LogP contribution in [-0.4, -0.2) is 24.9 Å². The SMILES string of the molecule is Cc1ccc(C(=O)Nc2cccc(CNC(=O)C3CCNCC3)c2)cc1.Cl. The Morgan fingerprint density at radius 3 is 2.48 bits per heavy atom. The van der Waals surface area contributed by atoms with Crippen molar-refractivity contribution in [3.05, 3.63) is 65.2 Å². The molecule has 2 aromatic rings. The molecule has 0 radical (unpaired) electrons. The standard InChI is InChI=1S/C21H25N3O2.ClH/c1-15-5-7-17(8-6-15)21(26)24-19-4-2-3-16(13-19)14-23-20(25)18-9-11-22-12-10-18;/h2-8,13,18,22H,9-12,14H2,1H3,(H,23,25)(H,24,26);1H. The number of piperidine rings is 1. The Bertz CT molecular complexity index is 771. The Balaban J connectivity index is 0.00000261. The van der Waals surface area contributed by atoms with Crippen molar-refractivity contribution in [2.75, 3.05) is 18.4 Å². The van der Waals surface area contributed by atoms with Crippen LogP contribution < -0.4 is 16.0 Å². The lowest BCUT2D eigenvalue weighted by Gasteiger charge is -2.21. The van der Waals surface area contributed by atoms with E-state index in [9.17, 15) is 9.59 Å². The Labute approximate surface area is 166 Å². The molecule has 0 spiro atoms. The van der Waals surface area contributed by atoms with Crippen molar-refractivity contribution < 1.29 is 9.59 Å². The van der Waals surface area contributed by atoms with E-state index in [4.69, 9.17) is 0 Å². The number of benzene rings is 2. The molecule has 0 unspecified atom stereocenters. The number of amides is 2. The lowest BCUT2D eigenvalue weighted by atomic mass is 9.97. The van der Waals surface area contributed by atoms with Gasteiger partial charge in [-0.25, -0.2) is 0 Å². The molecule has 3 N–H and O–H groups in total. The van der Waals surface area contributed by atoms with E-state index < -0.39 is 0 Å². The topological polar surface area (TPSA) is 70.2 Å². The molecule has 0 bridgehead atoms. The Morgan fingerprint density at radius 2 is 1.78 bits per heavy atom. The fourth-order valence-electron chi connectivity index (χ4n) is 3.08. The summed E-state index contributed by atoms with van der Waals surface area (Å²) in [5, 5.41) is 9.18. The molecule has 1 aliphatic heterocycles. The Kier molecular flexibility index (Phi) is 7.82. The minimum atomic E-state index is -0.138. The van der Waals surface area contributed by atoms with Gasteiger partial charge in [0.05, 0.1) is 0 Å². The summed E-state index contributed by atoms with van der Waals surface area (Å²) in [5.41, 5.74) is 3.44. The zero-order valence-corrected chi connectivity index (χ0v) is 16.3. The number of nitrogens with one attached hydrogen (secondary N) is 3. The van der Waals surface area contributed by atoms with E-state index in [-0.39, 0.29) is 30.1 Å². The average molecular weight is 388 g/mol. The Hall–Kier alpha value is -2.37. The van der Waals surface area contributed by atoms with Crippen LogP contribution in [0.1, 0.15) is 34.3 Å². The van der Waals surface area contributed by atoms with Gasteiger partial charge in [0.2, 0.25) is 5.91 Å². The van der Waals surface area contributed by atoms with Gasteiger partial charge >= 0.3 is 0 Å². The van der Waals surface area contributed by atoms with Gasteiger partial charge in [-0.2, -0.15) is 0 Å². The summed E-state index contributed by atoms with van der Waals surface area (Å²) in [4.78, 5) is 24.6. The van der Waals surface area contributed by atoms with Gasteiger partial charge in [0.15, 0.2) is 0 Å². The van der Waals surface area contributed by atoms with E-state index in [0.29, 0.717) is 12.1 Å². The molecule has 6 heteroatoms. The number of hydrogen-bond acceptors (Lipinski definition) is 3. The van der Waals surface area contributed by atoms with Crippen molar-refractivity contribution in [1.82, 2.24) is 10.6 Å². The van der Waals surface area contributed by atoms with Crippen molar-refractivity contribution in [2.24, 2.45) is 5.92 Å². The molecule has 1 fully saturated rings. The van der Waals surface area contributed by atoms with Crippen molar-refractivity contribution in [3.63, 3.8) is 0 Å². The second kappa shape index (κ2) is 10.1.